The lowest BCUT2D eigenvalue weighted by molar-refractivity contribution is -0.121. The van der Waals surface area contributed by atoms with Crippen molar-refractivity contribution >= 4 is 27.5 Å². The number of sulfone groups is 1. The highest BCUT2D eigenvalue weighted by molar-refractivity contribution is 7.90. The van der Waals surface area contributed by atoms with Crippen molar-refractivity contribution in [2.45, 2.75) is 23.8 Å². The molecule has 0 aromatic heterocycles. The molecule has 0 spiro atoms. The van der Waals surface area contributed by atoms with Gasteiger partial charge >= 0.3 is 6.09 Å². The van der Waals surface area contributed by atoms with Crippen molar-refractivity contribution in [2.24, 2.45) is 0 Å². The SMILES string of the molecule is CS(=O)(=O)c1ccc2c(c1)N(CCN1CCC(NC(=O)O)CC1)C(=O)CO2. The second kappa shape index (κ2) is 7.73. The zero-order chi connectivity index (χ0) is 19.6. The lowest BCUT2D eigenvalue weighted by Crippen LogP contribution is -2.48. The number of benzene rings is 1. The van der Waals surface area contributed by atoms with Crippen molar-refractivity contribution in [3.8, 4) is 5.75 Å². The number of likely N-dealkylation sites (tertiary alicyclic amines) is 1. The van der Waals surface area contributed by atoms with Gasteiger partial charge in [0.1, 0.15) is 5.75 Å². The molecule has 0 radical (unpaired) electrons. The lowest BCUT2D eigenvalue weighted by atomic mass is 10.1. The number of carbonyl (C=O) groups is 2. The molecule has 10 heteroatoms. The first-order valence-corrected chi connectivity index (χ1v) is 10.6. The third kappa shape index (κ3) is 4.69. The van der Waals surface area contributed by atoms with E-state index < -0.39 is 15.9 Å². The Hall–Kier alpha value is -2.33. The van der Waals surface area contributed by atoms with Gasteiger partial charge in [0, 0.05) is 38.5 Å². The molecular weight excluding hydrogens is 374 g/mol. The van der Waals surface area contributed by atoms with Gasteiger partial charge in [0.2, 0.25) is 0 Å². The molecule has 0 unspecified atom stereocenters. The number of hydrogen-bond donors (Lipinski definition) is 2. The Morgan fingerprint density at radius 3 is 2.63 bits per heavy atom. The third-order valence-electron chi connectivity index (χ3n) is 4.86. The fourth-order valence-electron chi connectivity index (χ4n) is 3.37. The summed E-state index contributed by atoms with van der Waals surface area (Å²) in [5.41, 5.74) is 0.469. The molecule has 2 N–H and O–H groups in total. The fraction of sp³-hybridized carbons (Fsp3) is 0.529. The number of hydrogen-bond acceptors (Lipinski definition) is 6. The predicted molar refractivity (Wildman–Crippen MR) is 98.0 cm³/mol. The summed E-state index contributed by atoms with van der Waals surface area (Å²) in [6.07, 6.45) is 1.56. The fourth-order valence-corrected chi connectivity index (χ4v) is 4.02. The normalized spacial score (nSPS) is 18.7. The predicted octanol–water partition coefficient (Wildman–Crippen LogP) is 0.548. The smallest absolute Gasteiger partial charge is 0.404 e. The van der Waals surface area contributed by atoms with E-state index in [0.29, 0.717) is 24.5 Å². The van der Waals surface area contributed by atoms with Crippen LogP contribution in [0.4, 0.5) is 10.5 Å². The Balaban J connectivity index is 1.66. The highest BCUT2D eigenvalue weighted by Crippen LogP contribution is 2.34. The molecule has 1 fully saturated rings. The van der Waals surface area contributed by atoms with Crippen LogP contribution in [0.3, 0.4) is 0 Å². The summed E-state index contributed by atoms with van der Waals surface area (Å²) in [6, 6.07) is 4.49. The number of ether oxygens (including phenoxy) is 1. The molecule has 2 amide bonds. The monoisotopic (exact) mass is 397 g/mol. The van der Waals surface area contributed by atoms with E-state index in [0.717, 1.165) is 32.2 Å². The van der Waals surface area contributed by atoms with E-state index in [2.05, 4.69) is 10.2 Å². The molecule has 27 heavy (non-hydrogen) atoms. The van der Waals surface area contributed by atoms with Gasteiger partial charge in [-0.1, -0.05) is 0 Å². The van der Waals surface area contributed by atoms with Crippen molar-refractivity contribution in [1.82, 2.24) is 10.2 Å². The van der Waals surface area contributed by atoms with Gasteiger partial charge in [-0.25, -0.2) is 13.2 Å². The van der Waals surface area contributed by atoms with E-state index >= 15 is 0 Å². The highest BCUT2D eigenvalue weighted by Gasteiger charge is 2.28. The molecule has 0 atom stereocenters. The van der Waals surface area contributed by atoms with Gasteiger partial charge in [-0.3, -0.25) is 4.79 Å². The molecule has 0 saturated carbocycles. The quantitative estimate of drug-likeness (QED) is 0.745. The van der Waals surface area contributed by atoms with Crippen LogP contribution < -0.4 is 15.0 Å². The average Bonchev–Trinajstić information content (AvgIpc) is 2.60. The average molecular weight is 397 g/mol. The number of rotatable bonds is 5. The summed E-state index contributed by atoms with van der Waals surface area (Å²) < 4.78 is 29.1. The minimum Gasteiger partial charge on any atom is -0.482 e. The molecule has 1 saturated heterocycles. The molecule has 1 aromatic rings. The van der Waals surface area contributed by atoms with E-state index in [1.807, 2.05) is 0 Å². The highest BCUT2D eigenvalue weighted by atomic mass is 32.2. The summed E-state index contributed by atoms with van der Waals surface area (Å²) in [4.78, 5) is 26.9. The summed E-state index contributed by atoms with van der Waals surface area (Å²) in [7, 11) is -3.39. The Kier molecular flexibility index (Phi) is 5.56. The third-order valence-corrected chi connectivity index (χ3v) is 5.97. The van der Waals surface area contributed by atoms with Crippen LogP contribution in [0, 0.1) is 0 Å². The van der Waals surface area contributed by atoms with E-state index in [-0.39, 0.29) is 23.5 Å². The van der Waals surface area contributed by atoms with Crippen molar-refractivity contribution in [2.75, 3.05) is 43.9 Å². The van der Waals surface area contributed by atoms with Gasteiger partial charge in [-0.15, -0.1) is 0 Å². The van der Waals surface area contributed by atoms with Gasteiger partial charge in [-0.2, -0.15) is 0 Å². The summed E-state index contributed by atoms with van der Waals surface area (Å²) in [5.74, 6) is 0.280. The Bertz CT molecular complexity index is 833. The van der Waals surface area contributed by atoms with Crippen LogP contribution in [0.2, 0.25) is 0 Å². The van der Waals surface area contributed by atoms with Crippen LogP contribution >= 0.6 is 0 Å². The number of carbonyl (C=O) groups excluding carboxylic acids is 1. The maximum absolute atomic E-state index is 12.3. The molecule has 2 aliphatic rings. The van der Waals surface area contributed by atoms with E-state index in [9.17, 15) is 18.0 Å². The molecule has 2 heterocycles. The standard InChI is InChI=1S/C17H23N3O6S/c1-27(24,25)13-2-3-15-14(10-13)20(16(21)11-26-15)9-8-19-6-4-12(5-7-19)18-17(22)23/h2-3,10,12,18H,4-9,11H2,1H3,(H,22,23). The van der Waals surface area contributed by atoms with Crippen LogP contribution in [0.5, 0.6) is 5.75 Å². The number of carboxylic acid groups (broad SMARTS) is 1. The van der Waals surface area contributed by atoms with E-state index in [1.165, 1.54) is 12.1 Å². The van der Waals surface area contributed by atoms with Crippen LogP contribution in [0.15, 0.2) is 23.1 Å². The van der Waals surface area contributed by atoms with Gasteiger partial charge in [0.25, 0.3) is 5.91 Å². The first kappa shape index (κ1) is 19.4. The van der Waals surface area contributed by atoms with Crippen LogP contribution in [-0.4, -0.2) is 75.5 Å². The molecule has 0 bridgehead atoms. The minimum absolute atomic E-state index is 0.0400. The van der Waals surface area contributed by atoms with Gasteiger partial charge in [0.15, 0.2) is 16.4 Å². The Morgan fingerprint density at radius 2 is 2.00 bits per heavy atom. The van der Waals surface area contributed by atoms with Crippen molar-refractivity contribution in [3.63, 3.8) is 0 Å². The van der Waals surface area contributed by atoms with E-state index in [4.69, 9.17) is 9.84 Å². The maximum atomic E-state index is 12.3. The second-order valence-corrected chi connectivity index (χ2v) is 8.82. The lowest BCUT2D eigenvalue weighted by Gasteiger charge is -2.35. The number of fused-ring (bicyclic) bond motifs is 1. The molecule has 3 rings (SSSR count). The number of nitrogens with one attached hydrogen (secondary N) is 1. The first-order chi connectivity index (χ1) is 12.7. The molecule has 2 aliphatic heterocycles. The maximum Gasteiger partial charge on any atom is 0.404 e. The van der Waals surface area contributed by atoms with Crippen LogP contribution in [-0.2, 0) is 14.6 Å². The Labute approximate surface area is 157 Å². The van der Waals surface area contributed by atoms with Crippen molar-refractivity contribution < 1.29 is 27.9 Å². The number of amides is 2. The summed E-state index contributed by atoms with van der Waals surface area (Å²) in [5, 5.41) is 11.3. The largest absolute Gasteiger partial charge is 0.482 e. The van der Waals surface area contributed by atoms with Gasteiger partial charge in [0.05, 0.1) is 10.6 Å². The minimum atomic E-state index is -3.39. The number of anilines is 1. The molecular formula is C17H23N3O6S. The Morgan fingerprint density at radius 1 is 1.30 bits per heavy atom. The van der Waals surface area contributed by atoms with Crippen LogP contribution in [0.1, 0.15) is 12.8 Å². The molecule has 9 nitrogen and oxygen atoms in total. The topological polar surface area (TPSA) is 116 Å². The van der Waals surface area contributed by atoms with Crippen molar-refractivity contribution in [1.29, 1.82) is 0 Å². The van der Waals surface area contributed by atoms with Crippen molar-refractivity contribution in [3.05, 3.63) is 18.2 Å². The molecule has 0 aliphatic carbocycles. The van der Waals surface area contributed by atoms with E-state index in [1.54, 1.807) is 11.0 Å². The zero-order valence-electron chi connectivity index (χ0n) is 15.1. The molecule has 1 aromatic carbocycles. The summed E-state index contributed by atoms with van der Waals surface area (Å²) in [6.45, 7) is 2.43. The zero-order valence-corrected chi connectivity index (χ0v) is 15.9. The van der Waals surface area contributed by atoms with Gasteiger partial charge < -0.3 is 25.0 Å². The second-order valence-electron chi connectivity index (χ2n) is 6.80. The first-order valence-electron chi connectivity index (χ1n) is 8.73. The number of piperidine rings is 1. The van der Waals surface area contributed by atoms with Crippen LogP contribution in [0.25, 0.3) is 0 Å². The molecule has 148 valence electrons. The summed E-state index contributed by atoms with van der Waals surface area (Å²) >= 11 is 0. The van der Waals surface area contributed by atoms with Gasteiger partial charge in [-0.05, 0) is 31.0 Å². The number of nitrogens with zero attached hydrogens (tertiary/aromatic N) is 2.